The fourth-order valence-electron chi connectivity index (χ4n) is 1.76. The lowest BCUT2D eigenvalue weighted by Crippen LogP contribution is -2.23. The van der Waals surface area contributed by atoms with E-state index in [0.717, 1.165) is 44.2 Å². The van der Waals surface area contributed by atoms with Crippen LogP contribution in [0.5, 0.6) is 0 Å². The van der Waals surface area contributed by atoms with Gasteiger partial charge in [-0.2, -0.15) is 0 Å². The van der Waals surface area contributed by atoms with Crippen molar-refractivity contribution < 1.29 is 9.18 Å². The quantitative estimate of drug-likeness (QED) is 0.704. The first-order chi connectivity index (χ1) is 8.72. The highest BCUT2D eigenvalue weighted by atomic mass is 19.1. The maximum Gasteiger partial charge on any atom is 0.219 e. The predicted octanol–water partition coefficient (Wildman–Crippen LogP) is 3.45. The summed E-state index contributed by atoms with van der Waals surface area (Å²) in [6, 6.07) is 6.61. The lowest BCUT2D eigenvalue weighted by molar-refractivity contribution is -0.121. The molecule has 0 aliphatic rings. The van der Waals surface area contributed by atoms with Gasteiger partial charge in [-0.1, -0.05) is 25.5 Å². The smallest absolute Gasteiger partial charge is 0.219 e. The second kappa shape index (κ2) is 8.67. The van der Waals surface area contributed by atoms with E-state index in [2.05, 4.69) is 12.2 Å². The Hall–Kier alpha value is -1.38. The zero-order chi connectivity index (χ0) is 13.2. The van der Waals surface area contributed by atoms with Gasteiger partial charge in [0.2, 0.25) is 5.91 Å². The molecule has 0 radical (unpaired) electrons. The Labute approximate surface area is 109 Å². The zero-order valence-electron chi connectivity index (χ0n) is 11.0. The Morgan fingerprint density at radius 3 is 2.56 bits per heavy atom. The first-order valence-corrected chi connectivity index (χ1v) is 6.73. The van der Waals surface area contributed by atoms with Crippen LogP contribution in [-0.4, -0.2) is 12.5 Å². The van der Waals surface area contributed by atoms with Crippen molar-refractivity contribution in [1.29, 1.82) is 0 Å². The van der Waals surface area contributed by atoms with Crippen molar-refractivity contribution in [2.24, 2.45) is 0 Å². The molecule has 0 unspecified atom stereocenters. The molecule has 0 atom stereocenters. The fraction of sp³-hybridized carbons (Fsp3) is 0.533. The third kappa shape index (κ3) is 6.38. The molecule has 0 fully saturated rings. The number of aryl methyl sites for hydroxylation is 1. The molecule has 1 rings (SSSR count). The number of amides is 1. The monoisotopic (exact) mass is 251 g/mol. The lowest BCUT2D eigenvalue weighted by atomic mass is 10.1. The maximum absolute atomic E-state index is 12.7. The minimum absolute atomic E-state index is 0.152. The van der Waals surface area contributed by atoms with Crippen molar-refractivity contribution in [3.05, 3.63) is 35.6 Å². The summed E-state index contributed by atoms with van der Waals surface area (Å²) in [6.45, 7) is 2.82. The van der Waals surface area contributed by atoms with E-state index in [1.807, 2.05) is 12.1 Å². The average Bonchev–Trinajstić information content (AvgIpc) is 2.38. The van der Waals surface area contributed by atoms with Gasteiger partial charge < -0.3 is 5.32 Å². The highest BCUT2D eigenvalue weighted by Gasteiger charge is 1.99. The van der Waals surface area contributed by atoms with Gasteiger partial charge in [0.15, 0.2) is 0 Å². The van der Waals surface area contributed by atoms with Gasteiger partial charge >= 0.3 is 0 Å². The molecule has 1 N–H and O–H groups in total. The van der Waals surface area contributed by atoms with Gasteiger partial charge in [0.1, 0.15) is 5.82 Å². The molecule has 1 aromatic carbocycles. The molecule has 0 bridgehead atoms. The molecule has 0 spiro atoms. The zero-order valence-corrected chi connectivity index (χ0v) is 11.0. The molecule has 0 aliphatic carbocycles. The molecule has 1 aromatic rings. The third-order valence-electron chi connectivity index (χ3n) is 2.89. The molecule has 0 heterocycles. The second-order valence-electron chi connectivity index (χ2n) is 4.54. The van der Waals surface area contributed by atoms with E-state index in [1.54, 1.807) is 0 Å². The predicted molar refractivity (Wildman–Crippen MR) is 71.9 cm³/mol. The lowest BCUT2D eigenvalue weighted by Gasteiger charge is -2.05. The van der Waals surface area contributed by atoms with Crippen LogP contribution in [0.1, 0.15) is 44.6 Å². The van der Waals surface area contributed by atoms with Crippen molar-refractivity contribution in [1.82, 2.24) is 5.32 Å². The number of carbonyl (C=O) groups is 1. The summed E-state index contributed by atoms with van der Waals surface area (Å²) in [5.74, 6) is -0.0411. The Morgan fingerprint density at radius 1 is 1.17 bits per heavy atom. The molecule has 0 aromatic heterocycles. The van der Waals surface area contributed by atoms with E-state index >= 15 is 0 Å². The van der Waals surface area contributed by atoms with Gasteiger partial charge in [-0.3, -0.25) is 4.79 Å². The SMILES string of the molecule is CCCCC(=O)NCCCCc1ccc(F)cc1. The maximum atomic E-state index is 12.7. The molecular weight excluding hydrogens is 229 g/mol. The van der Waals surface area contributed by atoms with Gasteiger partial charge in [-0.25, -0.2) is 4.39 Å². The van der Waals surface area contributed by atoms with Gasteiger partial charge in [0.25, 0.3) is 0 Å². The van der Waals surface area contributed by atoms with Gasteiger partial charge in [-0.05, 0) is 43.4 Å². The molecule has 100 valence electrons. The van der Waals surface area contributed by atoms with Gasteiger partial charge in [0, 0.05) is 13.0 Å². The number of halogens is 1. The largest absolute Gasteiger partial charge is 0.356 e. The minimum Gasteiger partial charge on any atom is -0.356 e. The number of unbranched alkanes of at least 4 members (excludes halogenated alkanes) is 2. The molecule has 0 saturated heterocycles. The molecule has 3 heteroatoms. The molecule has 0 saturated carbocycles. The van der Waals surface area contributed by atoms with Crippen molar-refractivity contribution in [3.8, 4) is 0 Å². The Balaban J connectivity index is 2.05. The highest BCUT2D eigenvalue weighted by Crippen LogP contribution is 2.06. The first kappa shape index (κ1) is 14.7. The van der Waals surface area contributed by atoms with Gasteiger partial charge in [-0.15, -0.1) is 0 Å². The van der Waals surface area contributed by atoms with Crippen LogP contribution in [0.2, 0.25) is 0 Å². The molecule has 0 aliphatic heterocycles. The van der Waals surface area contributed by atoms with Crippen LogP contribution in [0.4, 0.5) is 4.39 Å². The van der Waals surface area contributed by atoms with E-state index in [-0.39, 0.29) is 11.7 Å². The number of rotatable bonds is 8. The van der Waals surface area contributed by atoms with Crippen molar-refractivity contribution in [3.63, 3.8) is 0 Å². The normalized spacial score (nSPS) is 10.3. The summed E-state index contributed by atoms with van der Waals surface area (Å²) in [5, 5.41) is 2.91. The molecule has 2 nitrogen and oxygen atoms in total. The topological polar surface area (TPSA) is 29.1 Å². The average molecular weight is 251 g/mol. The van der Waals surface area contributed by atoms with E-state index in [0.29, 0.717) is 6.42 Å². The van der Waals surface area contributed by atoms with Crippen LogP contribution >= 0.6 is 0 Å². The van der Waals surface area contributed by atoms with E-state index in [1.165, 1.54) is 12.1 Å². The molecule has 1 amide bonds. The standard InChI is InChI=1S/C15H22FNO/c1-2-3-7-15(18)17-12-5-4-6-13-8-10-14(16)11-9-13/h8-11H,2-7,12H2,1H3,(H,17,18). The summed E-state index contributed by atoms with van der Waals surface area (Å²) >= 11 is 0. The minimum atomic E-state index is -0.193. The van der Waals surface area contributed by atoms with Gasteiger partial charge in [0.05, 0.1) is 0 Å². The Kier molecular flexibility index (Phi) is 7.07. The van der Waals surface area contributed by atoms with Crippen molar-refractivity contribution >= 4 is 5.91 Å². The number of carbonyl (C=O) groups excluding carboxylic acids is 1. The number of nitrogens with one attached hydrogen (secondary N) is 1. The number of hydrogen-bond donors (Lipinski definition) is 1. The van der Waals surface area contributed by atoms with Crippen LogP contribution in [0.3, 0.4) is 0 Å². The number of hydrogen-bond acceptors (Lipinski definition) is 1. The summed E-state index contributed by atoms with van der Waals surface area (Å²) in [5.41, 5.74) is 1.15. The van der Waals surface area contributed by atoms with E-state index in [9.17, 15) is 9.18 Å². The number of benzene rings is 1. The van der Waals surface area contributed by atoms with Crippen LogP contribution < -0.4 is 5.32 Å². The third-order valence-corrected chi connectivity index (χ3v) is 2.89. The van der Waals surface area contributed by atoms with Crippen molar-refractivity contribution in [2.75, 3.05) is 6.54 Å². The van der Waals surface area contributed by atoms with Crippen molar-refractivity contribution in [2.45, 2.75) is 45.4 Å². The van der Waals surface area contributed by atoms with E-state index in [4.69, 9.17) is 0 Å². The summed E-state index contributed by atoms with van der Waals surface area (Å²) < 4.78 is 12.7. The van der Waals surface area contributed by atoms with E-state index < -0.39 is 0 Å². The van der Waals surface area contributed by atoms with Crippen LogP contribution in [0.15, 0.2) is 24.3 Å². The van der Waals surface area contributed by atoms with Crippen LogP contribution in [0.25, 0.3) is 0 Å². The first-order valence-electron chi connectivity index (χ1n) is 6.73. The molecular formula is C15H22FNO. The Bertz CT molecular complexity index is 348. The second-order valence-corrected chi connectivity index (χ2v) is 4.54. The van der Waals surface area contributed by atoms with Crippen LogP contribution in [0, 0.1) is 5.82 Å². The fourth-order valence-corrected chi connectivity index (χ4v) is 1.76. The van der Waals surface area contributed by atoms with Crippen LogP contribution in [-0.2, 0) is 11.2 Å². The highest BCUT2D eigenvalue weighted by molar-refractivity contribution is 5.75. The summed E-state index contributed by atoms with van der Waals surface area (Å²) in [4.78, 5) is 11.3. The summed E-state index contributed by atoms with van der Waals surface area (Å²) in [6.07, 6.45) is 5.56. The Morgan fingerprint density at radius 2 is 1.89 bits per heavy atom. The molecule has 18 heavy (non-hydrogen) atoms. The summed E-state index contributed by atoms with van der Waals surface area (Å²) in [7, 11) is 0.